The maximum atomic E-state index is 13.7. The highest BCUT2D eigenvalue weighted by atomic mass is 35.5. The van der Waals surface area contributed by atoms with E-state index in [1.54, 1.807) is 54.6 Å². The van der Waals surface area contributed by atoms with E-state index in [0.717, 1.165) is 5.56 Å². The van der Waals surface area contributed by atoms with Gasteiger partial charge >= 0.3 is 0 Å². The van der Waals surface area contributed by atoms with E-state index in [0.29, 0.717) is 11.1 Å². The number of benzene rings is 3. The average Bonchev–Trinajstić information content (AvgIpc) is 2.85. The lowest BCUT2D eigenvalue weighted by atomic mass is 9.92. The van der Waals surface area contributed by atoms with E-state index in [9.17, 15) is 18.8 Å². The number of halogens is 2. The molecule has 0 spiro atoms. The summed E-state index contributed by atoms with van der Waals surface area (Å²) in [5.74, 6) is -1.71. The zero-order valence-corrected chi connectivity index (χ0v) is 18.9. The topological polar surface area (TPSA) is 75.3 Å². The Labute approximate surface area is 196 Å². The van der Waals surface area contributed by atoms with E-state index in [1.807, 2.05) is 13.8 Å². The Morgan fingerprint density at radius 3 is 2.06 bits per heavy atom. The number of allylic oxidation sites excluding steroid dienone is 2. The molecule has 3 aromatic carbocycles. The number of carbonyl (C=O) groups excluding carboxylic acids is 3. The van der Waals surface area contributed by atoms with Crippen molar-refractivity contribution in [2.24, 2.45) is 0 Å². The highest BCUT2D eigenvalue weighted by Crippen LogP contribution is 2.27. The minimum atomic E-state index is -0.518. The molecule has 0 heterocycles. The fourth-order valence-corrected chi connectivity index (χ4v) is 3.48. The second kappa shape index (κ2) is 10.7. The van der Waals surface area contributed by atoms with E-state index < -0.39 is 17.5 Å². The molecule has 1 aliphatic rings. The van der Waals surface area contributed by atoms with Gasteiger partial charge in [0.2, 0.25) is 11.6 Å². The molecule has 5 nitrogen and oxygen atoms in total. The largest absolute Gasteiger partial charge is 0.376 e. The summed E-state index contributed by atoms with van der Waals surface area (Å²) in [5, 5.41) is 5.30. The lowest BCUT2D eigenvalue weighted by molar-refractivity contribution is 0.0974. The number of rotatable bonds is 5. The standard InChI is InChI=1S/C24H16ClFN2O3.C2H6/c25-20-21(23(30)17-6-2-1-5-16(17)22(20)29)27-13-14-9-11-15(12-10-14)24(31)28-19-8-4-3-7-18(19)26;1-2/h1-12,27H,13H2,(H,28,31);1-2H3. The Morgan fingerprint density at radius 1 is 0.848 bits per heavy atom. The molecule has 1 aliphatic carbocycles. The molecule has 4 rings (SSSR count). The molecule has 1 amide bonds. The van der Waals surface area contributed by atoms with E-state index in [2.05, 4.69) is 10.6 Å². The SMILES string of the molecule is CC.O=C(Nc1ccccc1F)c1ccc(CNC2=C(Cl)C(=O)c3ccccc3C2=O)cc1. The molecule has 0 aromatic heterocycles. The Kier molecular flexibility index (Phi) is 7.74. The zero-order valence-electron chi connectivity index (χ0n) is 18.1. The minimum Gasteiger partial charge on any atom is -0.376 e. The van der Waals surface area contributed by atoms with E-state index in [-0.39, 0.29) is 34.3 Å². The van der Waals surface area contributed by atoms with Crippen LogP contribution in [0, 0.1) is 5.82 Å². The highest BCUT2D eigenvalue weighted by molar-refractivity contribution is 6.49. The molecule has 0 saturated heterocycles. The van der Waals surface area contributed by atoms with Crippen molar-refractivity contribution < 1.29 is 18.8 Å². The fraction of sp³-hybridized carbons (Fsp3) is 0.115. The fourth-order valence-electron chi connectivity index (χ4n) is 3.22. The number of hydrogen-bond donors (Lipinski definition) is 2. The summed E-state index contributed by atoms with van der Waals surface area (Å²) in [7, 11) is 0. The van der Waals surface area contributed by atoms with Crippen LogP contribution in [0.1, 0.15) is 50.5 Å². The first-order valence-corrected chi connectivity index (χ1v) is 10.8. The number of anilines is 1. The third-order valence-electron chi connectivity index (χ3n) is 4.87. The Hall–Kier alpha value is -3.77. The van der Waals surface area contributed by atoms with Gasteiger partial charge in [0.05, 0.1) is 5.69 Å². The van der Waals surface area contributed by atoms with Crippen LogP contribution in [0.3, 0.4) is 0 Å². The van der Waals surface area contributed by atoms with Gasteiger partial charge in [-0.3, -0.25) is 14.4 Å². The first kappa shape index (κ1) is 23.9. The Bertz CT molecular complexity index is 1240. The van der Waals surface area contributed by atoms with Crippen molar-refractivity contribution in [3.8, 4) is 0 Å². The van der Waals surface area contributed by atoms with Crippen molar-refractivity contribution in [1.82, 2.24) is 5.32 Å². The molecule has 2 N–H and O–H groups in total. The van der Waals surface area contributed by atoms with Crippen LogP contribution < -0.4 is 10.6 Å². The van der Waals surface area contributed by atoms with Crippen molar-refractivity contribution >= 4 is 34.8 Å². The number of amides is 1. The van der Waals surface area contributed by atoms with Gasteiger partial charge in [0.1, 0.15) is 16.5 Å². The molecule has 33 heavy (non-hydrogen) atoms. The smallest absolute Gasteiger partial charge is 0.255 e. The van der Waals surface area contributed by atoms with Crippen LogP contribution in [-0.2, 0) is 6.54 Å². The van der Waals surface area contributed by atoms with E-state index in [4.69, 9.17) is 11.6 Å². The van der Waals surface area contributed by atoms with Gasteiger partial charge in [-0.1, -0.05) is 74.0 Å². The molecular formula is C26H22ClFN2O3. The Balaban J connectivity index is 0.00000149. The zero-order chi connectivity index (χ0) is 24.0. The van der Waals surface area contributed by atoms with Gasteiger partial charge in [-0.15, -0.1) is 0 Å². The molecule has 0 aliphatic heterocycles. The molecule has 0 radical (unpaired) electrons. The predicted molar refractivity (Wildman–Crippen MR) is 127 cm³/mol. The van der Waals surface area contributed by atoms with Crippen LogP contribution in [0.2, 0.25) is 0 Å². The summed E-state index contributed by atoms with van der Waals surface area (Å²) in [6, 6.07) is 19.0. The van der Waals surface area contributed by atoms with Crippen LogP contribution in [-0.4, -0.2) is 17.5 Å². The number of para-hydroxylation sites is 1. The van der Waals surface area contributed by atoms with Crippen LogP contribution >= 0.6 is 11.6 Å². The predicted octanol–water partition coefficient (Wildman–Crippen LogP) is 5.72. The number of Topliss-reactive ketones (excluding diaryl/α,β-unsaturated/α-hetero) is 2. The molecule has 0 unspecified atom stereocenters. The first-order chi connectivity index (χ1) is 16.0. The lowest BCUT2D eigenvalue weighted by Crippen LogP contribution is -2.28. The second-order valence-electron chi connectivity index (χ2n) is 6.88. The molecule has 0 atom stereocenters. The summed E-state index contributed by atoms with van der Waals surface area (Å²) in [6.45, 7) is 4.22. The van der Waals surface area contributed by atoms with Crippen LogP contribution in [0.15, 0.2) is 83.5 Å². The quantitative estimate of drug-likeness (QED) is 0.506. The third kappa shape index (κ3) is 5.18. The summed E-state index contributed by atoms with van der Waals surface area (Å²) in [4.78, 5) is 37.4. The second-order valence-corrected chi connectivity index (χ2v) is 7.26. The molecular weight excluding hydrogens is 443 g/mol. The van der Waals surface area contributed by atoms with Gasteiger partial charge in [0.25, 0.3) is 5.91 Å². The normalized spacial score (nSPS) is 12.5. The summed E-state index contributed by atoms with van der Waals surface area (Å²) >= 11 is 6.14. The summed E-state index contributed by atoms with van der Waals surface area (Å²) in [6.07, 6.45) is 0. The molecule has 168 valence electrons. The van der Waals surface area contributed by atoms with Gasteiger partial charge in [0.15, 0.2) is 0 Å². The first-order valence-electron chi connectivity index (χ1n) is 10.4. The number of nitrogens with one attached hydrogen (secondary N) is 2. The van der Waals surface area contributed by atoms with E-state index in [1.165, 1.54) is 18.2 Å². The molecule has 3 aromatic rings. The van der Waals surface area contributed by atoms with Crippen molar-refractivity contribution in [3.63, 3.8) is 0 Å². The maximum Gasteiger partial charge on any atom is 0.255 e. The van der Waals surface area contributed by atoms with Crippen LogP contribution in [0.4, 0.5) is 10.1 Å². The monoisotopic (exact) mass is 464 g/mol. The minimum absolute atomic E-state index is 0.0479. The number of fused-ring (bicyclic) bond motifs is 1. The number of ketones is 2. The summed E-state index contributed by atoms with van der Waals surface area (Å²) in [5.41, 5.74) is 1.85. The van der Waals surface area contributed by atoms with Gasteiger partial charge < -0.3 is 10.6 Å². The molecule has 0 fully saturated rings. The van der Waals surface area contributed by atoms with Gasteiger partial charge in [-0.25, -0.2) is 4.39 Å². The van der Waals surface area contributed by atoms with Gasteiger partial charge in [0, 0.05) is 23.2 Å². The maximum absolute atomic E-state index is 13.7. The van der Waals surface area contributed by atoms with Gasteiger partial charge in [-0.05, 0) is 29.8 Å². The highest BCUT2D eigenvalue weighted by Gasteiger charge is 2.30. The van der Waals surface area contributed by atoms with Crippen molar-refractivity contribution in [3.05, 3.63) is 112 Å². The Morgan fingerprint density at radius 2 is 1.42 bits per heavy atom. The average molecular weight is 465 g/mol. The van der Waals surface area contributed by atoms with E-state index >= 15 is 0 Å². The summed E-state index contributed by atoms with van der Waals surface area (Å²) < 4.78 is 13.7. The van der Waals surface area contributed by atoms with Gasteiger partial charge in [-0.2, -0.15) is 0 Å². The molecule has 7 heteroatoms. The van der Waals surface area contributed by atoms with Crippen LogP contribution in [0.5, 0.6) is 0 Å². The third-order valence-corrected chi connectivity index (χ3v) is 5.23. The number of hydrogen-bond acceptors (Lipinski definition) is 4. The van der Waals surface area contributed by atoms with Crippen LogP contribution in [0.25, 0.3) is 0 Å². The molecule has 0 bridgehead atoms. The van der Waals surface area contributed by atoms with Crippen molar-refractivity contribution in [2.45, 2.75) is 20.4 Å². The van der Waals surface area contributed by atoms with Crippen molar-refractivity contribution in [1.29, 1.82) is 0 Å². The number of carbonyl (C=O) groups is 3. The lowest BCUT2D eigenvalue weighted by Gasteiger charge is -2.19. The molecule has 0 saturated carbocycles. The van der Waals surface area contributed by atoms with Crippen molar-refractivity contribution in [2.75, 3.05) is 5.32 Å².